The Morgan fingerprint density at radius 1 is 1.23 bits per heavy atom. The third-order valence-electron chi connectivity index (χ3n) is 4.15. The van der Waals surface area contributed by atoms with E-state index in [1.807, 2.05) is 24.3 Å². The van der Waals surface area contributed by atoms with Gasteiger partial charge in [-0.15, -0.1) is 5.10 Å². The molecule has 0 saturated carbocycles. The van der Waals surface area contributed by atoms with Crippen molar-refractivity contribution in [2.75, 3.05) is 12.4 Å². The maximum atomic E-state index is 12.6. The molecule has 0 aromatic heterocycles. The summed E-state index contributed by atoms with van der Waals surface area (Å²) in [5.41, 5.74) is 1.89. The van der Waals surface area contributed by atoms with Gasteiger partial charge in [-0.25, -0.2) is 0 Å². The van der Waals surface area contributed by atoms with Crippen molar-refractivity contribution in [2.24, 2.45) is 10.2 Å². The minimum Gasteiger partial charge on any atom is -0.497 e. The minimum absolute atomic E-state index is 0.00881. The van der Waals surface area contributed by atoms with E-state index in [1.165, 1.54) is 0 Å². The number of amides is 2. The zero-order valence-corrected chi connectivity index (χ0v) is 18.4. The number of methoxy groups -OCH3 is 1. The first-order valence-electron chi connectivity index (χ1n) is 8.85. The quantitative estimate of drug-likeness (QED) is 0.508. The highest BCUT2D eigenvalue weighted by molar-refractivity contribution is 8.15. The Kier molecular flexibility index (Phi) is 7.36. The number of nitrogens with one attached hydrogen (secondary N) is 2. The highest BCUT2D eigenvalue weighted by atomic mass is 35.5. The molecule has 3 rings (SSSR count). The van der Waals surface area contributed by atoms with E-state index in [9.17, 15) is 9.59 Å². The number of benzene rings is 2. The Morgan fingerprint density at radius 2 is 1.97 bits per heavy atom. The minimum atomic E-state index is -0.677. The summed E-state index contributed by atoms with van der Waals surface area (Å²) in [5.74, 6) is 0.0475. The third-order valence-corrected chi connectivity index (χ3v) is 5.79. The summed E-state index contributed by atoms with van der Waals surface area (Å²) in [5, 5.41) is 14.0. The van der Waals surface area contributed by atoms with Crippen molar-refractivity contribution in [1.82, 2.24) is 5.32 Å². The van der Waals surface area contributed by atoms with Crippen molar-refractivity contribution in [3.05, 3.63) is 58.1 Å². The summed E-state index contributed by atoms with van der Waals surface area (Å²) in [6.45, 7) is 1.80. The van der Waals surface area contributed by atoms with Crippen LogP contribution in [-0.2, 0) is 9.59 Å². The molecular weight excluding hydrogens is 447 g/mol. The van der Waals surface area contributed by atoms with E-state index in [4.69, 9.17) is 27.9 Å². The van der Waals surface area contributed by atoms with Crippen molar-refractivity contribution < 1.29 is 14.3 Å². The lowest BCUT2D eigenvalue weighted by Gasteiger charge is -2.21. The number of anilines is 1. The van der Waals surface area contributed by atoms with Crippen LogP contribution >= 0.6 is 35.0 Å². The first-order valence-corrected chi connectivity index (χ1v) is 10.5. The third kappa shape index (κ3) is 5.75. The van der Waals surface area contributed by atoms with Crippen LogP contribution in [0.5, 0.6) is 5.75 Å². The molecule has 1 atom stereocenters. The van der Waals surface area contributed by atoms with Crippen molar-refractivity contribution in [1.29, 1.82) is 0 Å². The fourth-order valence-corrected chi connectivity index (χ4v) is 3.82. The molecule has 0 bridgehead atoms. The van der Waals surface area contributed by atoms with E-state index in [2.05, 4.69) is 20.8 Å². The summed E-state index contributed by atoms with van der Waals surface area (Å²) in [7, 11) is 1.60. The highest BCUT2D eigenvalue weighted by Crippen LogP contribution is 2.28. The van der Waals surface area contributed by atoms with E-state index in [0.717, 1.165) is 23.1 Å². The van der Waals surface area contributed by atoms with Gasteiger partial charge in [0.2, 0.25) is 11.8 Å². The lowest BCUT2D eigenvalue weighted by Crippen LogP contribution is -2.41. The number of hydrogen-bond acceptors (Lipinski definition) is 6. The highest BCUT2D eigenvalue weighted by Gasteiger charge is 2.30. The van der Waals surface area contributed by atoms with Gasteiger partial charge in [0.15, 0.2) is 5.17 Å². The van der Waals surface area contributed by atoms with E-state index >= 15 is 0 Å². The molecule has 30 heavy (non-hydrogen) atoms. The second kappa shape index (κ2) is 9.97. The van der Waals surface area contributed by atoms with E-state index in [1.54, 1.807) is 32.2 Å². The Labute approximate surface area is 187 Å². The fourth-order valence-electron chi connectivity index (χ4n) is 2.56. The smallest absolute Gasteiger partial charge is 0.238 e. The van der Waals surface area contributed by atoms with E-state index in [0.29, 0.717) is 21.4 Å². The molecule has 0 spiro atoms. The van der Waals surface area contributed by atoms with E-state index in [-0.39, 0.29) is 23.4 Å². The van der Waals surface area contributed by atoms with Crippen molar-refractivity contribution in [2.45, 2.75) is 18.6 Å². The molecule has 1 aliphatic rings. The Morgan fingerprint density at radius 3 is 2.67 bits per heavy atom. The fraction of sp³-hybridized carbons (Fsp3) is 0.200. The zero-order chi connectivity index (χ0) is 21.7. The van der Waals surface area contributed by atoms with Gasteiger partial charge in [-0.3, -0.25) is 9.59 Å². The van der Waals surface area contributed by atoms with Crippen molar-refractivity contribution >= 4 is 63.3 Å². The number of thioether (sulfide) groups is 1. The second-order valence-electron chi connectivity index (χ2n) is 6.29. The lowest BCUT2D eigenvalue weighted by atomic mass is 10.1. The van der Waals surface area contributed by atoms with Crippen LogP contribution in [0.1, 0.15) is 18.9 Å². The van der Waals surface area contributed by atoms with Crippen LogP contribution in [0.25, 0.3) is 0 Å². The predicted octanol–water partition coefficient (Wildman–Crippen LogP) is 4.34. The summed E-state index contributed by atoms with van der Waals surface area (Å²) in [6, 6.07) is 12.1. The molecule has 2 aromatic carbocycles. The Hall–Kier alpha value is -2.55. The largest absolute Gasteiger partial charge is 0.497 e. The average Bonchev–Trinajstić information content (AvgIpc) is 2.74. The lowest BCUT2D eigenvalue weighted by molar-refractivity contribution is -0.123. The molecule has 0 aliphatic carbocycles. The first kappa shape index (κ1) is 22.1. The SMILES string of the molecule is COc1ccc(C(C)=NN=C2NC(=O)CC(C(=O)Nc3cc(Cl)ccc3Cl)S2)cc1. The average molecular weight is 465 g/mol. The number of nitrogens with zero attached hydrogens (tertiary/aromatic N) is 2. The van der Waals surface area contributed by atoms with Gasteiger partial charge >= 0.3 is 0 Å². The molecule has 2 aromatic rings. The zero-order valence-electron chi connectivity index (χ0n) is 16.1. The van der Waals surface area contributed by atoms with Crippen LogP contribution in [0.2, 0.25) is 10.0 Å². The van der Waals surface area contributed by atoms with Crippen LogP contribution in [0.15, 0.2) is 52.7 Å². The molecular formula is C20H18Cl2N4O3S. The maximum Gasteiger partial charge on any atom is 0.238 e. The molecule has 1 unspecified atom stereocenters. The standard InChI is InChI=1S/C20H18Cl2N4O3S/c1-11(12-3-6-14(29-2)7-4-12)25-26-20-24-18(27)10-17(30-20)19(28)23-16-9-13(21)5-8-15(16)22/h3-9,17H,10H2,1-2H3,(H,23,28)(H,24,26,27). The normalized spacial score (nSPS) is 18.1. The molecule has 2 amide bonds. The number of ether oxygens (including phenoxy) is 1. The predicted molar refractivity (Wildman–Crippen MR) is 122 cm³/mol. The van der Waals surface area contributed by atoms with Crippen LogP contribution in [0.4, 0.5) is 5.69 Å². The number of amidine groups is 1. The molecule has 7 nitrogen and oxygen atoms in total. The molecule has 0 radical (unpaired) electrons. The van der Waals surface area contributed by atoms with Crippen LogP contribution in [0, 0.1) is 0 Å². The molecule has 1 heterocycles. The van der Waals surface area contributed by atoms with Crippen molar-refractivity contribution in [3.63, 3.8) is 0 Å². The topological polar surface area (TPSA) is 92.2 Å². The summed E-state index contributed by atoms with van der Waals surface area (Å²) in [6.07, 6.45) is 0.00881. The molecule has 156 valence electrons. The van der Waals surface area contributed by atoms with Crippen LogP contribution in [-0.4, -0.2) is 35.1 Å². The van der Waals surface area contributed by atoms with Gasteiger partial charge in [0.05, 0.1) is 23.5 Å². The summed E-state index contributed by atoms with van der Waals surface area (Å²) in [4.78, 5) is 24.7. The van der Waals surface area contributed by atoms with Gasteiger partial charge in [0.25, 0.3) is 0 Å². The van der Waals surface area contributed by atoms with Gasteiger partial charge in [0.1, 0.15) is 11.0 Å². The van der Waals surface area contributed by atoms with Gasteiger partial charge in [-0.05, 0) is 55.0 Å². The van der Waals surface area contributed by atoms with Gasteiger partial charge in [0, 0.05) is 11.4 Å². The monoisotopic (exact) mass is 464 g/mol. The van der Waals surface area contributed by atoms with Gasteiger partial charge in [-0.1, -0.05) is 35.0 Å². The maximum absolute atomic E-state index is 12.6. The van der Waals surface area contributed by atoms with E-state index < -0.39 is 5.25 Å². The molecule has 1 saturated heterocycles. The molecule has 1 aliphatic heterocycles. The summed E-state index contributed by atoms with van der Waals surface area (Å²) < 4.78 is 5.13. The van der Waals surface area contributed by atoms with Crippen molar-refractivity contribution in [3.8, 4) is 5.75 Å². The number of carbonyl (C=O) groups is 2. The van der Waals surface area contributed by atoms with Gasteiger partial charge < -0.3 is 15.4 Å². The Balaban J connectivity index is 1.71. The van der Waals surface area contributed by atoms with Gasteiger partial charge in [-0.2, -0.15) is 5.10 Å². The Bertz CT molecular complexity index is 1030. The van der Waals surface area contributed by atoms with Crippen LogP contribution < -0.4 is 15.4 Å². The molecule has 2 N–H and O–H groups in total. The molecule has 1 fully saturated rings. The molecule has 10 heteroatoms. The first-order chi connectivity index (χ1) is 14.4. The number of hydrogen-bond donors (Lipinski definition) is 2. The number of rotatable bonds is 5. The number of carbonyl (C=O) groups excluding carboxylic acids is 2. The summed E-state index contributed by atoms with van der Waals surface area (Å²) >= 11 is 13.2. The second-order valence-corrected chi connectivity index (χ2v) is 8.33. The van der Waals surface area contributed by atoms with Crippen LogP contribution in [0.3, 0.4) is 0 Å². The number of halogens is 2.